The van der Waals surface area contributed by atoms with Gasteiger partial charge >= 0.3 is 7.60 Å². The van der Waals surface area contributed by atoms with Gasteiger partial charge in [-0.1, -0.05) is 26.0 Å². The Kier molecular flexibility index (Phi) is 5.21. The van der Waals surface area contributed by atoms with E-state index in [2.05, 4.69) is 4.98 Å². The molecular formula is C21H20F2N3O4P. The Hall–Kier alpha value is -3.00. The van der Waals surface area contributed by atoms with E-state index in [1.165, 1.54) is 42.5 Å². The summed E-state index contributed by atoms with van der Waals surface area (Å²) in [6.45, 7) is 4.39. The number of halogens is 2. The number of hydrogen-bond donors (Lipinski definition) is 3. The van der Waals surface area contributed by atoms with E-state index in [1.807, 2.05) is 13.8 Å². The average Bonchev–Trinajstić information content (AvgIpc) is 3.30. The summed E-state index contributed by atoms with van der Waals surface area (Å²) in [5.74, 6) is -0.598. The molecule has 0 unspecified atom stereocenters. The van der Waals surface area contributed by atoms with Crippen molar-refractivity contribution >= 4 is 29.8 Å². The van der Waals surface area contributed by atoms with Gasteiger partial charge in [-0.15, -0.1) is 0 Å². The molecule has 0 saturated heterocycles. The molecule has 2 aromatic carbocycles. The maximum absolute atomic E-state index is 14.7. The zero-order valence-corrected chi connectivity index (χ0v) is 17.6. The highest BCUT2D eigenvalue weighted by Gasteiger charge is 2.26. The van der Waals surface area contributed by atoms with Gasteiger partial charge in [-0.3, -0.25) is 4.57 Å². The zero-order valence-electron chi connectivity index (χ0n) is 16.7. The molecule has 10 heteroatoms. The second-order valence-corrected chi connectivity index (χ2v) is 9.17. The first-order valence-corrected chi connectivity index (χ1v) is 11.1. The van der Waals surface area contributed by atoms with Crippen LogP contribution in [0.15, 0.2) is 46.9 Å². The standard InChI is InChI=1S/C21H20F2N3O4P/c1-11(2)10-26-20-14(12-3-5-13(22)6-4-12)9-15(23)18(24)19(20)25-21(26)16-7-8-17(30-16)31(27,28)29/h3-9,11H,10,24H2,1-2H3,(H2,27,28,29). The predicted octanol–water partition coefficient (Wildman–Crippen LogP) is 4.28. The second kappa shape index (κ2) is 7.60. The lowest BCUT2D eigenvalue weighted by Crippen LogP contribution is -2.07. The largest absolute Gasteiger partial charge is 0.445 e. The summed E-state index contributed by atoms with van der Waals surface area (Å²) in [6.07, 6.45) is 0. The van der Waals surface area contributed by atoms with Crippen LogP contribution in [0.3, 0.4) is 0 Å². The molecule has 31 heavy (non-hydrogen) atoms. The summed E-state index contributed by atoms with van der Waals surface area (Å²) in [5, 5.41) is 0. The molecule has 0 aliphatic rings. The Bertz CT molecular complexity index is 1320. The molecule has 0 spiro atoms. The highest BCUT2D eigenvalue weighted by molar-refractivity contribution is 7.59. The molecular weight excluding hydrogens is 427 g/mol. The number of fused-ring (bicyclic) bond motifs is 1. The summed E-state index contributed by atoms with van der Waals surface area (Å²) in [5.41, 5.74) is 7.06. The molecule has 4 rings (SSSR count). The van der Waals surface area contributed by atoms with Gasteiger partial charge in [0.05, 0.1) is 11.2 Å². The Labute approximate surface area is 176 Å². The quantitative estimate of drug-likeness (QED) is 0.311. The van der Waals surface area contributed by atoms with Gasteiger partial charge < -0.3 is 24.5 Å². The molecule has 2 aromatic heterocycles. The van der Waals surface area contributed by atoms with E-state index in [0.717, 1.165) is 0 Å². The summed E-state index contributed by atoms with van der Waals surface area (Å²) >= 11 is 0. The number of hydrogen-bond acceptors (Lipinski definition) is 4. The maximum atomic E-state index is 14.7. The third-order valence-electron chi connectivity index (χ3n) is 4.81. The molecule has 0 saturated carbocycles. The summed E-state index contributed by atoms with van der Waals surface area (Å²) in [6, 6.07) is 9.47. The molecule has 7 nitrogen and oxygen atoms in total. The number of benzene rings is 2. The van der Waals surface area contributed by atoms with Crippen molar-refractivity contribution in [1.82, 2.24) is 9.55 Å². The predicted molar refractivity (Wildman–Crippen MR) is 114 cm³/mol. The van der Waals surface area contributed by atoms with E-state index in [1.54, 1.807) is 4.57 Å². The van der Waals surface area contributed by atoms with Gasteiger partial charge in [0.25, 0.3) is 0 Å². The molecule has 4 aromatic rings. The normalized spacial score (nSPS) is 12.2. The lowest BCUT2D eigenvalue weighted by Gasteiger charge is -2.14. The lowest BCUT2D eigenvalue weighted by molar-refractivity contribution is 0.377. The fraction of sp³-hybridized carbons (Fsp3) is 0.190. The van der Waals surface area contributed by atoms with E-state index < -0.39 is 24.7 Å². The molecule has 0 aliphatic heterocycles. The van der Waals surface area contributed by atoms with Crippen LogP contribution in [0.5, 0.6) is 0 Å². The Morgan fingerprint density at radius 1 is 1.16 bits per heavy atom. The number of anilines is 1. The molecule has 162 valence electrons. The summed E-state index contributed by atoms with van der Waals surface area (Å²) in [4.78, 5) is 23.3. The van der Waals surface area contributed by atoms with Gasteiger partial charge in [0, 0.05) is 12.1 Å². The number of aromatic nitrogens is 2. The number of imidazole rings is 1. The van der Waals surface area contributed by atoms with E-state index in [4.69, 9.17) is 10.2 Å². The van der Waals surface area contributed by atoms with Crippen LogP contribution >= 0.6 is 7.60 Å². The first-order valence-electron chi connectivity index (χ1n) is 9.46. The minimum Gasteiger partial charge on any atom is -0.445 e. The van der Waals surface area contributed by atoms with Crippen LogP contribution in [0, 0.1) is 17.6 Å². The minimum absolute atomic E-state index is 0.111. The van der Waals surface area contributed by atoms with Gasteiger partial charge in [-0.25, -0.2) is 13.8 Å². The van der Waals surface area contributed by atoms with Crippen molar-refractivity contribution in [3.8, 4) is 22.7 Å². The van der Waals surface area contributed by atoms with Crippen molar-refractivity contribution in [3.63, 3.8) is 0 Å². The van der Waals surface area contributed by atoms with Gasteiger partial charge in [0.1, 0.15) is 17.2 Å². The van der Waals surface area contributed by atoms with E-state index in [9.17, 15) is 23.1 Å². The van der Waals surface area contributed by atoms with Crippen molar-refractivity contribution in [2.24, 2.45) is 5.92 Å². The van der Waals surface area contributed by atoms with Crippen LogP contribution < -0.4 is 11.2 Å². The SMILES string of the molecule is CC(C)Cn1c(-c2ccc(P(=O)(O)O)o2)nc2c(N)c(F)cc(-c3ccc(F)cc3)c21. The fourth-order valence-corrected chi connectivity index (χ4v) is 3.97. The van der Waals surface area contributed by atoms with Crippen molar-refractivity contribution in [1.29, 1.82) is 0 Å². The second-order valence-electron chi connectivity index (χ2n) is 7.65. The molecule has 2 heterocycles. The monoisotopic (exact) mass is 447 g/mol. The highest BCUT2D eigenvalue weighted by Crippen LogP contribution is 2.39. The van der Waals surface area contributed by atoms with Crippen LogP contribution in [0.4, 0.5) is 14.5 Å². The molecule has 0 bridgehead atoms. The van der Waals surface area contributed by atoms with Gasteiger partial charge in [0.2, 0.25) is 5.50 Å². The first kappa shape index (κ1) is 21.2. The molecule has 0 atom stereocenters. The van der Waals surface area contributed by atoms with Crippen LogP contribution in [-0.4, -0.2) is 19.3 Å². The van der Waals surface area contributed by atoms with Crippen LogP contribution in [0.1, 0.15) is 13.8 Å². The highest BCUT2D eigenvalue weighted by atomic mass is 31.2. The van der Waals surface area contributed by atoms with Gasteiger partial charge in [-0.05, 0) is 41.8 Å². The Morgan fingerprint density at radius 2 is 1.84 bits per heavy atom. The number of rotatable bonds is 5. The zero-order chi connectivity index (χ0) is 22.5. The molecule has 0 amide bonds. The number of nitrogens with zero attached hydrogens (tertiary/aromatic N) is 2. The lowest BCUT2D eigenvalue weighted by atomic mass is 10.0. The molecule has 0 radical (unpaired) electrons. The van der Waals surface area contributed by atoms with Crippen molar-refractivity contribution in [2.45, 2.75) is 20.4 Å². The Morgan fingerprint density at radius 3 is 2.42 bits per heavy atom. The first-order chi connectivity index (χ1) is 14.6. The number of furan rings is 1. The van der Waals surface area contributed by atoms with Crippen molar-refractivity contribution in [3.05, 3.63) is 54.1 Å². The fourth-order valence-electron chi connectivity index (χ4n) is 3.48. The third-order valence-corrected chi connectivity index (χ3v) is 5.62. The van der Waals surface area contributed by atoms with Gasteiger partial charge in [-0.2, -0.15) is 0 Å². The topological polar surface area (TPSA) is 115 Å². The average molecular weight is 447 g/mol. The van der Waals surface area contributed by atoms with E-state index in [0.29, 0.717) is 23.2 Å². The van der Waals surface area contributed by atoms with Crippen molar-refractivity contribution in [2.75, 3.05) is 5.73 Å². The molecule has 4 N–H and O–H groups in total. The van der Waals surface area contributed by atoms with Gasteiger partial charge in [0.15, 0.2) is 11.6 Å². The third kappa shape index (κ3) is 3.87. The van der Waals surface area contributed by atoms with E-state index in [-0.39, 0.29) is 28.7 Å². The van der Waals surface area contributed by atoms with Crippen molar-refractivity contribution < 1.29 is 27.5 Å². The van der Waals surface area contributed by atoms with E-state index >= 15 is 0 Å². The smallest absolute Gasteiger partial charge is 0.391 e. The summed E-state index contributed by atoms with van der Waals surface area (Å²) < 4.78 is 46.8. The molecule has 0 aliphatic carbocycles. The van der Waals surface area contributed by atoms with Crippen LogP contribution in [-0.2, 0) is 11.1 Å². The number of nitrogen functional groups attached to an aromatic ring is 1. The Balaban J connectivity index is 2.05. The maximum Gasteiger partial charge on any atom is 0.391 e. The van der Waals surface area contributed by atoms with Crippen LogP contribution in [0.25, 0.3) is 33.7 Å². The van der Waals surface area contributed by atoms with Crippen LogP contribution in [0.2, 0.25) is 0 Å². The number of nitrogens with two attached hydrogens (primary N) is 1. The summed E-state index contributed by atoms with van der Waals surface area (Å²) in [7, 11) is -4.60. The minimum atomic E-state index is -4.60. The molecule has 0 fully saturated rings.